The number of carbonyl (C=O) groups is 2. The summed E-state index contributed by atoms with van der Waals surface area (Å²) < 4.78 is 15.9. The zero-order valence-electron chi connectivity index (χ0n) is 18.1. The third-order valence-electron chi connectivity index (χ3n) is 4.43. The number of halogens is 2. The smallest absolute Gasteiger partial charge is 0.345 e. The number of nitrogens with zero attached hydrogens (tertiary/aromatic N) is 1. The van der Waals surface area contributed by atoms with Crippen LogP contribution in [0.2, 0.25) is 10.0 Å². The Labute approximate surface area is 205 Å². The minimum absolute atomic E-state index is 0.0233. The van der Waals surface area contributed by atoms with Crippen molar-refractivity contribution >= 4 is 58.4 Å². The van der Waals surface area contributed by atoms with Gasteiger partial charge in [-0.25, -0.2) is 4.79 Å². The van der Waals surface area contributed by atoms with E-state index in [1.54, 1.807) is 55.5 Å². The summed E-state index contributed by atoms with van der Waals surface area (Å²) >= 11 is 12.4. The summed E-state index contributed by atoms with van der Waals surface area (Å²) in [5.41, 5.74) is 0.601. The van der Waals surface area contributed by atoms with Gasteiger partial charge in [0.05, 0.1) is 13.7 Å². The number of nitriles is 1. The predicted molar refractivity (Wildman–Crippen MR) is 130 cm³/mol. The first-order valence-electron chi connectivity index (χ1n) is 9.95. The van der Waals surface area contributed by atoms with E-state index in [4.69, 9.17) is 37.1 Å². The minimum atomic E-state index is -0.735. The Morgan fingerprint density at radius 2 is 1.88 bits per heavy atom. The quantitative estimate of drug-likeness (QED) is 0.220. The number of rotatable bonds is 8. The van der Waals surface area contributed by atoms with E-state index in [1.165, 1.54) is 7.11 Å². The fourth-order valence-corrected chi connectivity index (χ4v) is 3.29. The van der Waals surface area contributed by atoms with Gasteiger partial charge in [-0.3, -0.25) is 4.79 Å². The molecule has 0 aliphatic heterocycles. The number of amides is 1. The number of nitrogens with one attached hydrogen (secondary N) is 2. The SMILES string of the molecule is CCOC(=O)c1c(Nc2cccc(Cl)c2)oc(/C=C(\C#N)C(=O)Nc2ccc(OC)cc2)c1Cl. The average Bonchev–Trinajstić information content (AvgIpc) is 3.12. The van der Waals surface area contributed by atoms with Gasteiger partial charge in [0.1, 0.15) is 28.0 Å². The van der Waals surface area contributed by atoms with Crippen molar-refractivity contribution in [3.8, 4) is 11.8 Å². The monoisotopic (exact) mass is 499 g/mol. The Bertz CT molecular complexity index is 1280. The zero-order chi connectivity index (χ0) is 24.7. The fraction of sp³-hybridized carbons (Fsp3) is 0.125. The third-order valence-corrected chi connectivity index (χ3v) is 5.04. The van der Waals surface area contributed by atoms with Crippen LogP contribution in [-0.4, -0.2) is 25.6 Å². The number of carbonyl (C=O) groups excluding carboxylic acids is 2. The van der Waals surface area contributed by atoms with Crippen LogP contribution in [0.5, 0.6) is 5.75 Å². The van der Waals surface area contributed by atoms with Crippen molar-refractivity contribution in [1.82, 2.24) is 0 Å². The summed E-state index contributed by atoms with van der Waals surface area (Å²) in [5, 5.41) is 15.4. The minimum Gasteiger partial charge on any atom is -0.497 e. The maximum absolute atomic E-state index is 12.6. The van der Waals surface area contributed by atoms with Crippen molar-refractivity contribution < 1.29 is 23.5 Å². The van der Waals surface area contributed by atoms with Gasteiger partial charge in [0.2, 0.25) is 5.88 Å². The molecule has 10 heteroatoms. The summed E-state index contributed by atoms with van der Waals surface area (Å²) in [6.07, 6.45) is 1.15. The Morgan fingerprint density at radius 3 is 2.50 bits per heavy atom. The molecule has 174 valence electrons. The van der Waals surface area contributed by atoms with Crippen LogP contribution in [0.15, 0.2) is 58.5 Å². The lowest BCUT2D eigenvalue weighted by Crippen LogP contribution is -2.13. The average molecular weight is 500 g/mol. The van der Waals surface area contributed by atoms with Crippen LogP contribution >= 0.6 is 23.2 Å². The van der Waals surface area contributed by atoms with Crippen molar-refractivity contribution in [2.45, 2.75) is 6.92 Å². The second kappa shape index (κ2) is 11.3. The van der Waals surface area contributed by atoms with E-state index < -0.39 is 11.9 Å². The molecule has 3 rings (SSSR count). The molecule has 0 radical (unpaired) electrons. The lowest BCUT2D eigenvalue weighted by molar-refractivity contribution is -0.112. The number of methoxy groups -OCH3 is 1. The first-order chi connectivity index (χ1) is 16.4. The number of esters is 1. The van der Waals surface area contributed by atoms with Crippen LogP contribution < -0.4 is 15.4 Å². The normalized spacial score (nSPS) is 10.9. The standard InChI is InChI=1S/C24H19Cl2N3O5/c1-3-33-24(31)20-21(26)19(34-23(20)29-17-6-4-5-15(25)12-17)11-14(13-27)22(30)28-16-7-9-18(32-2)10-8-16/h4-12,29H,3H2,1-2H3,(H,28,30)/b14-11+. The van der Waals surface area contributed by atoms with Gasteiger partial charge < -0.3 is 24.5 Å². The molecule has 34 heavy (non-hydrogen) atoms. The van der Waals surface area contributed by atoms with Gasteiger partial charge in [0, 0.05) is 22.5 Å². The van der Waals surface area contributed by atoms with Crippen LogP contribution in [0.3, 0.4) is 0 Å². The summed E-state index contributed by atoms with van der Waals surface area (Å²) in [6, 6.07) is 15.1. The molecule has 0 aliphatic carbocycles. The van der Waals surface area contributed by atoms with Crippen molar-refractivity contribution in [3.05, 3.63) is 75.5 Å². The zero-order valence-corrected chi connectivity index (χ0v) is 19.7. The van der Waals surface area contributed by atoms with Crippen LogP contribution in [-0.2, 0) is 9.53 Å². The fourth-order valence-electron chi connectivity index (χ4n) is 2.84. The Hall–Kier alpha value is -3.93. The van der Waals surface area contributed by atoms with E-state index in [2.05, 4.69) is 10.6 Å². The van der Waals surface area contributed by atoms with Gasteiger partial charge >= 0.3 is 5.97 Å². The second-order valence-corrected chi connectivity index (χ2v) is 7.51. The lowest BCUT2D eigenvalue weighted by Gasteiger charge is -2.06. The molecule has 1 heterocycles. The van der Waals surface area contributed by atoms with Gasteiger partial charge in [-0.15, -0.1) is 0 Å². The molecule has 1 amide bonds. The van der Waals surface area contributed by atoms with Gasteiger partial charge in [-0.2, -0.15) is 5.26 Å². The summed E-state index contributed by atoms with van der Waals surface area (Å²) in [7, 11) is 1.53. The van der Waals surface area contributed by atoms with Crippen LogP contribution in [0.4, 0.5) is 17.3 Å². The molecule has 0 fully saturated rings. The summed E-state index contributed by atoms with van der Waals surface area (Å²) in [5.74, 6) is -0.910. The number of hydrogen-bond acceptors (Lipinski definition) is 7. The molecule has 3 aromatic rings. The Kier molecular flexibility index (Phi) is 8.19. The van der Waals surface area contributed by atoms with Gasteiger partial charge in [-0.1, -0.05) is 29.3 Å². The molecule has 0 saturated heterocycles. The molecule has 0 atom stereocenters. The van der Waals surface area contributed by atoms with Gasteiger partial charge in [0.25, 0.3) is 5.91 Å². The molecule has 8 nitrogen and oxygen atoms in total. The first-order valence-corrected chi connectivity index (χ1v) is 10.7. The molecule has 0 bridgehead atoms. The molecule has 2 aromatic carbocycles. The highest BCUT2D eigenvalue weighted by atomic mass is 35.5. The van der Waals surface area contributed by atoms with Crippen molar-refractivity contribution in [3.63, 3.8) is 0 Å². The number of ether oxygens (including phenoxy) is 2. The first kappa shape index (κ1) is 24.7. The van der Waals surface area contributed by atoms with E-state index in [1.807, 2.05) is 6.07 Å². The lowest BCUT2D eigenvalue weighted by atomic mass is 10.2. The summed E-state index contributed by atoms with van der Waals surface area (Å²) in [6.45, 7) is 1.75. The van der Waals surface area contributed by atoms with Crippen LogP contribution in [0.25, 0.3) is 6.08 Å². The second-order valence-electron chi connectivity index (χ2n) is 6.69. The third kappa shape index (κ3) is 5.90. The molecule has 2 N–H and O–H groups in total. The van der Waals surface area contributed by atoms with Crippen molar-refractivity contribution in [2.24, 2.45) is 0 Å². The van der Waals surface area contributed by atoms with Crippen LogP contribution in [0, 0.1) is 11.3 Å². The van der Waals surface area contributed by atoms with Crippen molar-refractivity contribution in [2.75, 3.05) is 24.4 Å². The number of benzene rings is 2. The largest absolute Gasteiger partial charge is 0.497 e. The van der Waals surface area contributed by atoms with E-state index >= 15 is 0 Å². The highest BCUT2D eigenvalue weighted by Gasteiger charge is 2.26. The number of hydrogen-bond donors (Lipinski definition) is 2. The van der Waals surface area contributed by atoms with Gasteiger partial charge in [-0.05, 0) is 49.4 Å². The van der Waals surface area contributed by atoms with E-state index in [0.717, 1.165) is 6.08 Å². The molecular weight excluding hydrogens is 481 g/mol. The number of furan rings is 1. The van der Waals surface area contributed by atoms with E-state index in [0.29, 0.717) is 22.1 Å². The maximum Gasteiger partial charge on any atom is 0.345 e. The van der Waals surface area contributed by atoms with E-state index in [-0.39, 0.29) is 34.4 Å². The molecule has 0 unspecified atom stereocenters. The van der Waals surface area contributed by atoms with Crippen LogP contribution in [0.1, 0.15) is 23.0 Å². The van der Waals surface area contributed by atoms with Crippen molar-refractivity contribution in [1.29, 1.82) is 5.26 Å². The predicted octanol–water partition coefficient (Wildman–Crippen LogP) is 6.06. The molecule has 0 aliphatic rings. The molecular formula is C24H19Cl2N3O5. The molecule has 1 aromatic heterocycles. The van der Waals surface area contributed by atoms with E-state index in [9.17, 15) is 14.9 Å². The maximum atomic E-state index is 12.6. The molecule has 0 spiro atoms. The van der Waals surface area contributed by atoms with Gasteiger partial charge in [0.15, 0.2) is 5.76 Å². The highest BCUT2D eigenvalue weighted by Crippen LogP contribution is 2.36. The topological polar surface area (TPSA) is 114 Å². The highest BCUT2D eigenvalue weighted by molar-refractivity contribution is 6.36. The number of anilines is 3. The summed E-state index contributed by atoms with van der Waals surface area (Å²) in [4.78, 5) is 25.2. The Balaban J connectivity index is 1.95. The Morgan fingerprint density at radius 1 is 1.15 bits per heavy atom. The molecule has 0 saturated carbocycles.